The highest BCUT2D eigenvalue weighted by Crippen LogP contribution is 2.22. The van der Waals surface area contributed by atoms with Crippen LogP contribution in [0.2, 0.25) is 0 Å². The molecule has 25 heavy (non-hydrogen) atoms. The highest BCUT2D eigenvalue weighted by molar-refractivity contribution is 7.89. The molecule has 0 bridgehead atoms. The summed E-state index contributed by atoms with van der Waals surface area (Å²) in [4.78, 5) is 2.54. The van der Waals surface area contributed by atoms with E-state index in [1.807, 2.05) is 32.0 Å². The maximum absolute atomic E-state index is 13.3. The molecule has 0 atom stereocenters. The van der Waals surface area contributed by atoms with Gasteiger partial charge in [-0.15, -0.1) is 0 Å². The minimum Gasteiger partial charge on any atom is -0.296 e. The zero-order valence-corrected chi connectivity index (χ0v) is 15.4. The van der Waals surface area contributed by atoms with E-state index >= 15 is 0 Å². The topological polar surface area (TPSA) is 40.6 Å². The number of hydrogen-bond donors (Lipinski definition) is 0. The van der Waals surface area contributed by atoms with E-state index < -0.39 is 10.0 Å². The lowest BCUT2D eigenvalue weighted by molar-refractivity contribution is 0.181. The van der Waals surface area contributed by atoms with Crippen molar-refractivity contribution in [2.75, 3.05) is 26.2 Å². The van der Waals surface area contributed by atoms with Crippen LogP contribution < -0.4 is 0 Å². The summed E-state index contributed by atoms with van der Waals surface area (Å²) in [5.41, 5.74) is 2.74. The van der Waals surface area contributed by atoms with E-state index in [0.29, 0.717) is 37.6 Å². The zero-order chi connectivity index (χ0) is 18.0. The van der Waals surface area contributed by atoms with Crippen LogP contribution in [-0.2, 0) is 16.6 Å². The van der Waals surface area contributed by atoms with Crippen molar-refractivity contribution in [1.29, 1.82) is 0 Å². The van der Waals surface area contributed by atoms with Crippen LogP contribution in [0.3, 0.4) is 0 Å². The molecule has 3 rings (SSSR count). The Morgan fingerprint density at radius 2 is 1.72 bits per heavy atom. The van der Waals surface area contributed by atoms with Crippen LogP contribution in [0.25, 0.3) is 0 Å². The Labute approximate surface area is 148 Å². The Hall–Kier alpha value is -1.76. The van der Waals surface area contributed by atoms with Crippen LogP contribution in [0, 0.1) is 19.7 Å². The van der Waals surface area contributed by atoms with Gasteiger partial charge in [0.25, 0.3) is 0 Å². The molecule has 0 N–H and O–H groups in total. The predicted molar refractivity (Wildman–Crippen MR) is 96.4 cm³/mol. The lowest BCUT2D eigenvalue weighted by atomic mass is 10.2. The third-order valence-electron chi connectivity index (χ3n) is 4.57. The molecule has 1 fully saturated rings. The van der Waals surface area contributed by atoms with Gasteiger partial charge in [0.2, 0.25) is 10.0 Å². The molecule has 134 valence electrons. The maximum atomic E-state index is 13.3. The Kier molecular flexibility index (Phi) is 5.22. The number of halogens is 1. The molecule has 6 heteroatoms. The summed E-state index contributed by atoms with van der Waals surface area (Å²) in [5, 5.41) is 0. The first-order valence-electron chi connectivity index (χ1n) is 8.40. The van der Waals surface area contributed by atoms with Crippen LogP contribution in [-0.4, -0.2) is 43.8 Å². The zero-order valence-electron chi connectivity index (χ0n) is 14.6. The van der Waals surface area contributed by atoms with E-state index in [0.717, 1.165) is 16.7 Å². The van der Waals surface area contributed by atoms with Crippen molar-refractivity contribution in [2.24, 2.45) is 0 Å². The molecule has 1 heterocycles. The SMILES string of the molecule is Cc1ccc(S(=O)(=O)N2CCN(Cc3cccc(F)c3)CC2)c(C)c1. The molecule has 1 saturated heterocycles. The van der Waals surface area contributed by atoms with Crippen molar-refractivity contribution >= 4 is 10.0 Å². The largest absolute Gasteiger partial charge is 0.296 e. The lowest BCUT2D eigenvalue weighted by Crippen LogP contribution is -2.48. The number of nitrogens with zero attached hydrogens (tertiary/aromatic N) is 2. The smallest absolute Gasteiger partial charge is 0.243 e. The van der Waals surface area contributed by atoms with Crippen molar-refractivity contribution < 1.29 is 12.8 Å². The maximum Gasteiger partial charge on any atom is 0.243 e. The van der Waals surface area contributed by atoms with E-state index in [-0.39, 0.29) is 5.82 Å². The second-order valence-electron chi connectivity index (χ2n) is 6.58. The molecule has 1 aliphatic rings. The number of rotatable bonds is 4. The summed E-state index contributed by atoms with van der Waals surface area (Å²) >= 11 is 0. The van der Waals surface area contributed by atoms with E-state index in [4.69, 9.17) is 0 Å². The Morgan fingerprint density at radius 3 is 2.36 bits per heavy atom. The summed E-state index contributed by atoms with van der Waals surface area (Å²) in [6, 6.07) is 12.0. The molecular weight excluding hydrogens is 339 g/mol. The van der Waals surface area contributed by atoms with Crippen molar-refractivity contribution in [2.45, 2.75) is 25.3 Å². The molecule has 0 radical (unpaired) electrons. The fourth-order valence-corrected chi connectivity index (χ4v) is 4.88. The minimum atomic E-state index is -3.47. The molecule has 2 aromatic carbocycles. The summed E-state index contributed by atoms with van der Waals surface area (Å²) in [6.07, 6.45) is 0. The first-order chi connectivity index (χ1) is 11.9. The van der Waals surface area contributed by atoms with E-state index in [1.54, 1.807) is 16.4 Å². The average molecular weight is 362 g/mol. The summed E-state index contributed by atoms with van der Waals surface area (Å²) in [7, 11) is -3.47. The molecule has 1 aliphatic heterocycles. The van der Waals surface area contributed by atoms with E-state index in [2.05, 4.69) is 4.90 Å². The molecule has 0 saturated carbocycles. The van der Waals surface area contributed by atoms with Crippen LogP contribution in [0.5, 0.6) is 0 Å². The molecule has 4 nitrogen and oxygen atoms in total. The average Bonchev–Trinajstić information content (AvgIpc) is 2.55. The Bertz CT molecular complexity index is 859. The first kappa shape index (κ1) is 18.0. The van der Waals surface area contributed by atoms with Crippen molar-refractivity contribution in [3.05, 3.63) is 65.0 Å². The van der Waals surface area contributed by atoms with Crippen molar-refractivity contribution in [1.82, 2.24) is 9.21 Å². The molecule has 2 aromatic rings. The molecular formula is C19H23FN2O2S. The number of hydrogen-bond acceptors (Lipinski definition) is 3. The van der Waals surface area contributed by atoms with Crippen molar-refractivity contribution in [3.63, 3.8) is 0 Å². The minimum absolute atomic E-state index is 0.242. The fraction of sp³-hybridized carbons (Fsp3) is 0.368. The number of benzene rings is 2. The lowest BCUT2D eigenvalue weighted by Gasteiger charge is -2.34. The van der Waals surface area contributed by atoms with Gasteiger partial charge in [-0.1, -0.05) is 29.8 Å². The molecule has 0 unspecified atom stereocenters. The number of sulfonamides is 1. The summed E-state index contributed by atoms with van der Waals surface area (Å²) in [6.45, 7) is 6.60. The quantitative estimate of drug-likeness (QED) is 0.840. The van der Waals surface area contributed by atoms with Crippen LogP contribution >= 0.6 is 0 Å². The Morgan fingerprint density at radius 1 is 1.00 bits per heavy atom. The van der Waals surface area contributed by atoms with Crippen LogP contribution in [0.4, 0.5) is 4.39 Å². The predicted octanol–water partition coefficient (Wildman–Crippen LogP) is 2.95. The summed E-state index contributed by atoms with van der Waals surface area (Å²) in [5.74, 6) is -0.242. The highest BCUT2D eigenvalue weighted by Gasteiger charge is 2.29. The van der Waals surface area contributed by atoms with Gasteiger partial charge in [0.15, 0.2) is 0 Å². The van der Waals surface area contributed by atoms with Gasteiger partial charge >= 0.3 is 0 Å². The van der Waals surface area contributed by atoms with Gasteiger partial charge in [-0.3, -0.25) is 4.90 Å². The van der Waals surface area contributed by atoms with Crippen molar-refractivity contribution in [3.8, 4) is 0 Å². The molecule has 0 amide bonds. The van der Waals surface area contributed by atoms with Gasteiger partial charge < -0.3 is 0 Å². The number of aryl methyl sites for hydroxylation is 2. The fourth-order valence-electron chi connectivity index (χ4n) is 3.25. The first-order valence-corrected chi connectivity index (χ1v) is 9.84. The van der Waals surface area contributed by atoms with Gasteiger partial charge in [-0.05, 0) is 43.2 Å². The van der Waals surface area contributed by atoms with Crippen LogP contribution in [0.1, 0.15) is 16.7 Å². The van der Waals surface area contributed by atoms with Gasteiger partial charge in [0.1, 0.15) is 5.82 Å². The van der Waals surface area contributed by atoms with Gasteiger partial charge in [-0.2, -0.15) is 4.31 Å². The van der Waals surface area contributed by atoms with Gasteiger partial charge in [0.05, 0.1) is 4.90 Å². The van der Waals surface area contributed by atoms with Gasteiger partial charge in [-0.25, -0.2) is 12.8 Å². The highest BCUT2D eigenvalue weighted by atomic mass is 32.2. The van der Waals surface area contributed by atoms with E-state index in [1.165, 1.54) is 12.1 Å². The summed E-state index contributed by atoms with van der Waals surface area (Å²) < 4.78 is 40.6. The normalized spacial score (nSPS) is 16.9. The molecule has 0 aliphatic carbocycles. The Balaban J connectivity index is 1.67. The van der Waals surface area contributed by atoms with Gasteiger partial charge in [0, 0.05) is 32.7 Å². The second-order valence-corrected chi connectivity index (χ2v) is 8.49. The molecule has 0 aromatic heterocycles. The van der Waals surface area contributed by atoms with E-state index in [9.17, 15) is 12.8 Å². The monoisotopic (exact) mass is 362 g/mol. The second kappa shape index (κ2) is 7.23. The standard InChI is InChI=1S/C19H23FN2O2S/c1-15-6-7-19(16(2)12-15)25(23,24)22-10-8-21(9-11-22)14-17-4-3-5-18(20)13-17/h3-7,12-13H,8-11,14H2,1-2H3. The molecule has 0 spiro atoms. The van der Waals surface area contributed by atoms with Crippen LogP contribution in [0.15, 0.2) is 47.4 Å². The third kappa shape index (κ3) is 4.08. The third-order valence-corrected chi connectivity index (χ3v) is 6.63. The number of piperazine rings is 1.